The molecule has 0 unspecified atom stereocenters. The summed E-state index contributed by atoms with van der Waals surface area (Å²) in [4.78, 5) is 43.1. The van der Waals surface area contributed by atoms with E-state index >= 15 is 0 Å². The predicted molar refractivity (Wildman–Crippen MR) is 43.8 cm³/mol. The first-order chi connectivity index (χ1) is 4.00. The van der Waals surface area contributed by atoms with E-state index in [0.29, 0.717) is 0 Å². The fraction of sp³-hybridized carbons (Fsp3) is 1.00. The molecule has 78 valence electrons. The molecule has 11 heteroatoms. The third-order valence-corrected chi connectivity index (χ3v) is 0. The SMILES string of the molecule is C.O=P(O)(O)O.O=P(O)(O)O.[SnH2]. The molecule has 0 aliphatic rings. The summed E-state index contributed by atoms with van der Waals surface area (Å²) in [5.41, 5.74) is 0. The van der Waals surface area contributed by atoms with E-state index in [2.05, 4.69) is 0 Å². The maximum atomic E-state index is 8.88. The number of rotatable bonds is 0. The first-order valence-electron chi connectivity index (χ1n) is 1.57. The van der Waals surface area contributed by atoms with Crippen LogP contribution in [-0.4, -0.2) is 53.3 Å². The maximum absolute atomic E-state index is 8.88. The Morgan fingerprint density at radius 3 is 0.667 bits per heavy atom. The molecular weight excluding hydrogens is 321 g/mol. The molecule has 0 saturated heterocycles. The van der Waals surface area contributed by atoms with Crippen molar-refractivity contribution in [2.45, 2.75) is 7.43 Å². The van der Waals surface area contributed by atoms with Gasteiger partial charge < -0.3 is 29.4 Å². The normalized spacial score (nSPS) is 9.83. The van der Waals surface area contributed by atoms with Gasteiger partial charge in [0.2, 0.25) is 0 Å². The molecule has 0 bridgehead atoms. The summed E-state index contributed by atoms with van der Waals surface area (Å²) in [5, 5.41) is 0. The molecule has 8 nitrogen and oxygen atoms in total. The topological polar surface area (TPSA) is 156 Å². The third kappa shape index (κ3) is 1070. The molecule has 12 heavy (non-hydrogen) atoms. The molecule has 0 heterocycles. The average molecular weight is 333 g/mol. The zero-order valence-electron chi connectivity index (χ0n) is 5.10. The second-order valence-electron chi connectivity index (χ2n) is 1.03. The molecule has 2 radical (unpaired) electrons. The molecular formula is CH12O8P2Sn. The summed E-state index contributed by atoms with van der Waals surface area (Å²) < 4.78 is 17.8. The standard InChI is InChI=1S/CH4.2H3O4P.Sn.2H/c;2*1-5(2,3)4;;;/h1H4;2*(H3,1,2,3,4);;;. The van der Waals surface area contributed by atoms with E-state index in [9.17, 15) is 0 Å². The fourth-order valence-electron chi connectivity index (χ4n) is 0. The van der Waals surface area contributed by atoms with Crippen molar-refractivity contribution in [3.8, 4) is 0 Å². The van der Waals surface area contributed by atoms with Crippen LogP contribution in [0.1, 0.15) is 7.43 Å². The first kappa shape index (κ1) is 23.1. The van der Waals surface area contributed by atoms with Gasteiger partial charge in [0.05, 0.1) is 0 Å². The predicted octanol–water partition coefficient (Wildman–Crippen LogP) is -2.14. The van der Waals surface area contributed by atoms with Gasteiger partial charge in [-0.1, -0.05) is 7.43 Å². The van der Waals surface area contributed by atoms with Crippen LogP contribution in [0.2, 0.25) is 0 Å². The van der Waals surface area contributed by atoms with E-state index in [1.807, 2.05) is 0 Å². The van der Waals surface area contributed by atoms with Crippen molar-refractivity contribution in [3.63, 3.8) is 0 Å². The van der Waals surface area contributed by atoms with E-state index in [-0.39, 0.29) is 31.3 Å². The van der Waals surface area contributed by atoms with Crippen molar-refractivity contribution in [1.82, 2.24) is 0 Å². The van der Waals surface area contributed by atoms with Gasteiger partial charge in [0.25, 0.3) is 0 Å². The molecule has 0 fully saturated rings. The quantitative estimate of drug-likeness (QED) is 0.217. The Labute approximate surface area is 85.7 Å². The molecule has 0 aromatic heterocycles. The van der Waals surface area contributed by atoms with Crippen LogP contribution in [0.25, 0.3) is 0 Å². The Hall–Kier alpha value is 1.02. The molecule has 0 aromatic rings. The molecule has 0 aliphatic heterocycles. The Kier molecular flexibility index (Phi) is 16.6. The van der Waals surface area contributed by atoms with Gasteiger partial charge in [-0.3, -0.25) is 0 Å². The molecule has 0 aliphatic carbocycles. The Morgan fingerprint density at radius 2 is 0.667 bits per heavy atom. The van der Waals surface area contributed by atoms with Crippen molar-refractivity contribution in [3.05, 3.63) is 0 Å². The van der Waals surface area contributed by atoms with Gasteiger partial charge in [-0.2, -0.15) is 0 Å². The van der Waals surface area contributed by atoms with E-state index in [4.69, 9.17) is 38.5 Å². The van der Waals surface area contributed by atoms with Crippen LogP contribution in [-0.2, 0) is 9.13 Å². The van der Waals surface area contributed by atoms with Crippen LogP contribution in [0.3, 0.4) is 0 Å². The van der Waals surface area contributed by atoms with Crippen molar-refractivity contribution in [1.29, 1.82) is 0 Å². The van der Waals surface area contributed by atoms with Crippen LogP contribution in [0.15, 0.2) is 0 Å². The van der Waals surface area contributed by atoms with Gasteiger partial charge in [0.1, 0.15) is 0 Å². The second-order valence-corrected chi connectivity index (χ2v) is 3.08. The number of hydrogen-bond donors (Lipinski definition) is 6. The van der Waals surface area contributed by atoms with Gasteiger partial charge in [0, 0.05) is 0 Å². The van der Waals surface area contributed by atoms with Crippen LogP contribution >= 0.6 is 15.6 Å². The number of hydrogen-bond acceptors (Lipinski definition) is 2. The summed E-state index contributed by atoms with van der Waals surface area (Å²) in [6.07, 6.45) is 0. The molecule has 0 aromatic carbocycles. The fourth-order valence-corrected chi connectivity index (χ4v) is 0. The summed E-state index contributed by atoms with van der Waals surface area (Å²) in [5.74, 6) is 0. The Bertz CT molecular complexity index is 129. The molecule has 0 spiro atoms. The molecule has 0 atom stereocenters. The van der Waals surface area contributed by atoms with Gasteiger partial charge in [-0.25, -0.2) is 9.13 Å². The molecule has 0 rings (SSSR count). The van der Waals surface area contributed by atoms with Crippen LogP contribution in [0, 0.1) is 0 Å². The number of phosphoric acid groups is 2. The zero-order chi connectivity index (χ0) is 9.00. The molecule has 0 amide bonds. The summed E-state index contributed by atoms with van der Waals surface area (Å²) in [6.45, 7) is 0. The van der Waals surface area contributed by atoms with Gasteiger partial charge in [-0.05, 0) is 0 Å². The van der Waals surface area contributed by atoms with Crippen LogP contribution < -0.4 is 0 Å². The van der Waals surface area contributed by atoms with Crippen molar-refractivity contribution >= 4 is 39.6 Å². The summed E-state index contributed by atoms with van der Waals surface area (Å²) >= 11 is 0. The Balaban J connectivity index is -0.0000000457. The molecule has 0 saturated carbocycles. The summed E-state index contributed by atoms with van der Waals surface area (Å²) in [7, 11) is -9.28. The third-order valence-electron chi connectivity index (χ3n) is 0. The van der Waals surface area contributed by atoms with E-state index in [1.54, 1.807) is 0 Å². The minimum atomic E-state index is -4.64. The first-order valence-corrected chi connectivity index (χ1v) is 4.70. The molecule has 6 N–H and O–H groups in total. The minimum absolute atomic E-state index is 0. The average Bonchev–Trinajstić information content (AvgIpc) is 1.12. The summed E-state index contributed by atoms with van der Waals surface area (Å²) in [6, 6.07) is 0. The van der Waals surface area contributed by atoms with Crippen LogP contribution in [0.5, 0.6) is 0 Å². The van der Waals surface area contributed by atoms with Crippen LogP contribution in [0.4, 0.5) is 0 Å². The van der Waals surface area contributed by atoms with Crippen molar-refractivity contribution < 1.29 is 38.5 Å². The van der Waals surface area contributed by atoms with Gasteiger partial charge in [0.15, 0.2) is 0 Å². The Morgan fingerprint density at radius 1 is 0.667 bits per heavy atom. The van der Waals surface area contributed by atoms with Gasteiger partial charge in [-0.15, -0.1) is 0 Å². The monoisotopic (exact) mass is 334 g/mol. The van der Waals surface area contributed by atoms with Crippen molar-refractivity contribution in [2.24, 2.45) is 0 Å². The van der Waals surface area contributed by atoms with E-state index in [0.717, 1.165) is 0 Å². The van der Waals surface area contributed by atoms with E-state index < -0.39 is 15.6 Å². The zero-order valence-corrected chi connectivity index (χ0v) is 10.9. The van der Waals surface area contributed by atoms with Crippen molar-refractivity contribution in [2.75, 3.05) is 0 Å². The second kappa shape index (κ2) is 8.61. The van der Waals surface area contributed by atoms with E-state index in [1.165, 1.54) is 0 Å². The van der Waals surface area contributed by atoms with Gasteiger partial charge >= 0.3 is 39.6 Å².